The number of nitrogens with zero attached hydrogens (tertiary/aromatic N) is 3. The van der Waals surface area contributed by atoms with Crippen LogP contribution in [0.5, 0.6) is 0 Å². The number of carbonyl (C=O) groups is 1. The van der Waals surface area contributed by atoms with Gasteiger partial charge < -0.3 is 9.88 Å². The molecule has 0 aliphatic heterocycles. The molecule has 1 aromatic carbocycles. The summed E-state index contributed by atoms with van der Waals surface area (Å²) in [6.45, 7) is 2.02. The van der Waals surface area contributed by atoms with Crippen molar-refractivity contribution in [2.45, 2.75) is 18.5 Å². The Labute approximate surface area is 144 Å². The number of anilines is 1. The summed E-state index contributed by atoms with van der Waals surface area (Å²) < 4.78 is 3.66. The zero-order valence-corrected chi connectivity index (χ0v) is 15.5. The van der Waals surface area contributed by atoms with Crippen LogP contribution in [0.3, 0.4) is 0 Å². The number of nitrogens with one attached hydrogen (secondary N) is 1. The minimum absolute atomic E-state index is 0.0835. The van der Waals surface area contributed by atoms with E-state index >= 15 is 0 Å². The second-order valence-corrected chi connectivity index (χ2v) is 6.98. The van der Waals surface area contributed by atoms with Gasteiger partial charge in [-0.3, -0.25) is 4.79 Å². The molecule has 1 heterocycles. The Morgan fingerprint density at radius 1 is 1.38 bits per heavy atom. The highest BCUT2D eigenvalue weighted by molar-refractivity contribution is 9.11. The van der Waals surface area contributed by atoms with Crippen LogP contribution >= 0.6 is 43.6 Å². The number of carbonyl (C=O) groups excluding carboxylic acids is 1. The third-order valence-electron chi connectivity index (χ3n) is 2.78. The smallest absolute Gasteiger partial charge is 0.234 e. The van der Waals surface area contributed by atoms with E-state index < -0.39 is 0 Å². The molecule has 0 fully saturated rings. The van der Waals surface area contributed by atoms with Gasteiger partial charge in [0.15, 0.2) is 5.16 Å². The van der Waals surface area contributed by atoms with Crippen molar-refractivity contribution in [2.24, 2.45) is 7.05 Å². The maximum absolute atomic E-state index is 12.0. The normalized spacial score (nSPS) is 10.7. The molecule has 0 saturated carbocycles. The van der Waals surface area contributed by atoms with Gasteiger partial charge in [0.25, 0.3) is 0 Å². The topological polar surface area (TPSA) is 59.8 Å². The summed E-state index contributed by atoms with van der Waals surface area (Å²) in [6.07, 6.45) is 0.821. The van der Waals surface area contributed by atoms with Crippen LogP contribution in [-0.2, 0) is 18.3 Å². The third-order valence-corrected chi connectivity index (χ3v) is 4.98. The predicted octanol–water partition coefficient (Wildman–Crippen LogP) is 3.63. The average Bonchev–Trinajstić information content (AvgIpc) is 2.81. The summed E-state index contributed by atoms with van der Waals surface area (Å²) in [5, 5.41) is 11.8. The van der Waals surface area contributed by atoms with Gasteiger partial charge in [0.2, 0.25) is 5.91 Å². The Morgan fingerprint density at radius 3 is 2.81 bits per heavy atom. The molecule has 8 heteroatoms. The summed E-state index contributed by atoms with van der Waals surface area (Å²) in [6, 6.07) is 5.63. The molecule has 5 nitrogen and oxygen atoms in total. The Hall–Kier alpha value is -0.860. The van der Waals surface area contributed by atoms with E-state index in [9.17, 15) is 4.79 Å². The molecule has 112 valence electrons. The highest BCUT2D eigenvalue weighted by Gasteiger charge is 2.11. The van der Waals surface area contributed by atoms with E-state index in [-0.39, 0.29) is 11.7 Å². The molecule has 0 atom stereocenters. The van der Waals surface area contributed by atoms with Crippen molar-refractivity contribution in [3.63, 3.8) is 0 Å². The minimum Gasteiger partial charge on any atom is -0.324 e. The lowest BCUT2D eigenvalue weighted by Crippen LogP contribution is -2.15. The van der Waals surface area contributed by atoms with Gasteiger partial charge in [-0.25, -0.2) is 0 Å². The number of aryl methyl sites for hydroxylation is 1. The molecule has 1 amide bonds. The molecule has 1 aromatic heterocycles. The van der Waals surface area contributed by atoms with Crippen LogP contribution in [0.4, 0.5) is 5.69 Å². The monoisotopic (exact) mass is 432 g/mol. The number of aromatic nitrogens is 3. The molecule has 2 aromatic rings. The van der Waals surface area contributed by atoms with Gasteiger partial charge in [-0.2, -0.15) is 0 Å². The van der Waals surface area contributed by atoms with Gasteiger partial charge in [-0.05, 0) is 34.1 Å². The molecule has 0 radical (unpaired) electrons. The first kappa shape index (κ1) is 16.5. The number of rotatable bonds is 5. The summed E-state index contributed by atoms with van der Waals surface area (Å²) in [4.78, 5) is 12.0. The van der Waals surface area contributed by atoms with E-state index in [4.69, 9.17) is 0 Å². The molecule has 0 saturated heterocycles. The number of halogens is 2. The van der Waals surface area contributed by atoms with E-state index in [1.807, 2.05) is 36.7 Å². The van der Waals surface area contributed by atoms with Crippen LogP contribution in [-0.4, -0.2) is 26.4 Å². The number of hydrogen-bond acceptors (Lipinski definition) is 4. The highest BCUT2D eigenvalue weighted by Crippen LogP contribution is 2.26. The van der Waals surface area contributed by atoms with E-state index in [1.165, 1.54) is 11.8 Å². The van der Waals surface area contributed by atoms with Crippen molar-refractivity contribution in [2.75, 3.05) is 11.1 Å². The lowest BCUT2D eigenvalue weighted by molar-refractivity contribution is -0.113. The van der Waals surface area contributed by atoms with Crippen molar-refractivity contribution in [3.8, 4) is 0 Å². The Morgan fingerprint density at radius 2 is 2.14 bits per heavy atom. The van der Waals surface area contributed by atoms with E-state index in [2.05, 4.69) is 47.4 Å². The fourth-order valence-electron chi connectivity index (χ4n) is 1.69. The Bertz CT molecular complexity index is 660. The number of amides is 1. The van der Waals surface area contributed by atoms with Gasteiger partial charge >= 0.3 is 0 Å². The molecule has 0 unspecified atom stereocenters. The minimum atomic E-state index is -0.0835. The summed E-state index contributed by atoms with van der Waals surface area (Å²) in [5.74, 6) is 1.11. The SMILES string of the molecule is CCc1nnc(SCC(=O)Nc2cc(Br)ccc2Br)n1C. The predicted molar refractivity (Wildman–Crippen MR) is 91.6 cm³/mol. The van der Waals surface area contributed by atoms with Gasteiger partial charge in [-0.1, -0.05) is 34.6 Å². The third kappa shape index (κ3) is 4.31. The quantitative estimate of drug-likeness (QED) is 0.731. The number of hydrogen-bond donors (Lipinski definition) is 1. The molecule has 0 aliphatic rings. The summed E-state index contributed by atoms with van der Waals surface area (Å²) in [7, 11) is 1.91. The van der Waals surface area contributed by atoms with Crippen LogP contribution in [0.15, 0.2) is 32.3 Å². The highest BCUT2D eigenvalue weighted by atomic mass is 79.9. The molecule has 0 aliphatic carbocycles. The second kappa shape index (κ2) is 7.42. The molecular weight excluding hydrogens is 420 g/mol. The molecular formula is C13H14Br2N4OS. The van der Waals surface area contributed by atoms with Gasteiger partial charge in [0.05, 0.1) is 11.4 Å². The molecule has 1 N–H and O–H groups in total. The van der Waals surface area contributed by atoms with Crippen LogP contribution in [0.25, 0.3) is 0 Å². The first-order chi connectivity index (χ1) is 10.0. The van der Waals surface area contributed by atoms with Crippen molar-refractivity contribution in [1.29, 1.82) is 0 Å². The molecule has 0 spiro atoms. The zero-order chi connectivity index (χ0) is 15.4. The number of benzene rings is 1. The maximum Gasteiger partial charge on any atom is 0.234 e. The van der Waals surface area contributed by atoms with Crippen LogP contribution in [0.1, 0.15) is 12.7 Å². The van der Waals surface area contributed by atoms with Crippen molar-refractivity contribution in [3.05, 3.63) is 33.0 Å². The lowest BCUT2D eigenvalue weighted by Gasteiger charge is -2.07. The maximum atomic E-state index is 12.0. The van der Waals surface area contributed by atoms with E-state index in [0.29, 0.717) is 0 Å². The Balaban J connectivity index is 1.96. The van der Waals surface area contributed by atoms with Crippen molar-refractivity contribution < 1.29 is 4.79 Å². The van der Waals surface area contributed by atoms with E-state index in [1.54, 1.807) is 0 Å². The molecule has 0 bridgehead atoms. The van der Waals surface area contributed by atoms with E-state index in [0.717, 1.165) is 32.0 Å². The average molecular weight is 434 g/mol. The first-order valence-electron chi connectivity index (χ1n) is 6.27. The second-order valence-electron chi connectivity index (χ2n) is 4.27. The fraction of sp³-hybridized carbons (Fsp3) is 0.308. The molecule has 21 heavy (non-hydrogen) atoms. The molecule has 2 rings (SSSR count). The standard InChI is InChI=1S/C13H14Br2N4OS/c1-3-11-17-18-13(19(11)2)21-7-12(20)16-10-6-8(14)4-5-9(10)15/h4-6H,3,7H2,1-2H3,(H,16,20). The van der Waals surface area contributed by atoms with Crippen LogP contribution in [0.2, 0.25) is 0 Å². The van der Waals surface area contributed by atoms with Crippen molar-refractivity contribution in [1.82, 2.24) is 14.8 Å². The van der Waals surface area contributed by atoms with Crippen molar-refractivity contribution >= 4 is 55.2 Å². The summed E-state index contributed by atoms with van der Waals surface area (Å²) in [5.41, 5.74) is 0.738. The fourth-order valence-corrected chi connectivity index (χ4v) is 3.13. The zero-order valence-electron chi connectivity index (χ0n) is 11.6. The lowest BCUT2D eigenvalue weighted by atomic mass is 10.3. The first-order valence-corrected chi connectivity index (χ1v) is 8.84. The largest absolute Gasteiger partial charge is 0.324 e. The van der Waals surface area contributed by atoms with Crippen LogP contribution < -0.4 is 5.32 Å². The Kier molecular flexibility index (Phi) is 5.83. The van der Waals surface area contributed by atoms with Gasteiger partial charge in [0.1, 0.15) is 5.82 Å². The van der Waals surface area contributed by atoms with Gasteiger partial charge in [0, 0.05) is 22.4 Å². The number of thioether (sulfide) groups is 1. The van der Waals surface area contributed by atoms with Crippen LogP contribution in [0, 0.1) is 0 Å². The van der Waals surface area contributed by atoms with Gasteiger partial charge in [-0.15, -0.1) is 10.2 Å². The summed E-state index contributed by atoms with van der Waals surface area (Å²) >= 11 is 8.16.